The molecule has 0 bridgehead atoms. The van der Waals surface area contributed by atoms with E-state index in [1.165, 1.54) is 11.1 Å². The van der Waals surface area contributed by atoms with Gasteiger partial charge in [0.05, 0.1) is 0 Å². The fourth-order valence-electron chi connectivity index (χ4n) is 1.20. The maximum absolute atomic E-state index is 8.71. The van der Waals surface area contributed by atoms with E-state index in [2.05, 4.69) is 19.1 Å². The van der Waals surface area contributed by atoms with Gasteiger partial charge in [-0.2, -0.15) is 0 Å². The van der Waals surface area contributed by atoms with Gasteiger partial charge in [0.15, 0.2) is 0 Å². The molecule has 0 spiro atoms. The second-order valence-corrected chi connectivity index (χ2v) is 2.87. The molecule has 1 nitrogen and oxygen atoms in total. The van der Waals surface area contributed by atoms with Gasteiger partial charge in [0.2, 0.25) is 0 Å². The SMILES string of the molecule is CC1=CC=CC=C(CCO)C1. The third-order valence-corrected chi connectivity index (χ3v) is 1.76. The van der Waals surface area contributed by atoms with Crippen molar-refractivity contribution in [3.8, 4) is 0 Å². The smallest absolute Gasteiger partial charge is 0.0468 e. The lowest BCUT2D eigenvalue weighted by Gasteiger charge is -2.02. The van der Waals surface area contributed by atoms with E-state index in [9.17, 15) is 0 Å². The van der Waals surface area contributed by atoms with Crippen LogP contribution in [-0.4, -0.2) is 11.7 Å². The first-order valence-corrected chi connectivity index (χ1v) is 3.95. The Morgan fingerprint density at radius 1 is 1.36 bits per heavy atom. The molecule has 0 heterocycles. The Hall–Kier alpha value is -0.820. The normalized spacial score (nSPS) is 17.3. The largest absolute Gasteiger partial charge is 0.396 e. The first-order valence-electron chi connectivity index (χ1n) is 3.95. The molecule has 0 atom stereocenters. The highest BCUT2D eigenvalue weighted by Crippen LogP contribution is 2.16. The van der Waals surface area contributed by atoms with Crippen LogP contribution in [0.4, 0.5) is 0 Å². The van der Waals surface area contributed by atoms with Gasteiger partial charge in [-0.25, -0.2) is 0 Å². The minimum Gasteiger partial charge on any atom is -0.396 e. The quantitative estimate of drug-likeness (QED) is 0.639. The van der Waals surface area contributed by atoms with Crippen molar-refractivity contribution < 1.29 is 5.11 Å². The van der Waals surface area contributed by atoms with Crippen molar-refractivity contribution in [2.45, 2.75) is 19.8 Å². The van der Waals surface area contributed by atoms with E-state index in [4.69, 9.17) is 5.11 Å². The molecule has 0 aromatic rings. The summed E-state index contributed by atoms with van der Waals surface area (Å²) >= 11 is 0. The highest BCUT2D eigenvalue weighted by molar-refractivity contribution is 5.27. The zero-order valence-electron chi connectivity index (χ0n) is 6.88. The van der Waals surface area contributed by atoms with Crippen molar-refractivity contribution in [1.29, 1.82) is 0 Å². The van der Waals surface area contributed by atoms with Crippen LogP contribution in [0, 0.1) is 0 Å². The van der Waals surface area contributed by atoms with Crippen molar-refractivity contribution in [3.05, 3.63) is 35.5 Å². The van der Waals surface area contributed by atoms with Gasteiger partial charge in [0.25, 0.3) is 0 Å². The summed E-state index contributed by atoms with van der Waals surface area (Å²) in [6.45, 7) is 2.37. The van der Waals surface area contributed by atoms with E-state index in [0.717, 1.165) is 12.8 Å². The van der Waals surface area contributed by atoms with Crippen LogP contribution < -0.4 is 0 Å². The van der Waals surface area contributed by atoms with Gasteiger partial charge in [-0.1, -0.05) is 35.5 Å². The molecular weight excluding hydrogens is 136 g/mol. The monoisotopic (exact) mass is 150 g/mol. The molecule has 0 radical (unpaired) electrons. The zero-order chi connectivity index (χ0) is 8.10. The van der Waals surface area contributed by atoms with Crippen molar-refractivity contribution in [3.63, 3.8) is 0 Å². The fraction of sp³-hybridized carbons (Fsp3) is 0.400. The number of hydrogen-bond donors (Lipinski definition) is 1. The molecule has 0 aromatic heterocycles. The average molecular weight is 150 g/mol. The summed E-state index contributed by atoms with van der Waals surface area (Å²) in [4.78, 5) is 0. The highest BCUT2D eigenvalue weighted by Gasteiger charge is 1.98. The molecule has 0 saturated carbocycles. The van der Waals surface area contributed by atoms with Crippen LogP contribution in [-0.2, 0) is 0 Å². The van der Waals surface area contributed by atoms with Crippen LogP contribution >= 0.6 is 0 Å². The number of rotatable bonds is 2. The lowest BCUT2D eigenvalue weighted by molar-refractivity contribution is 0.298. The van der Waals surface area contributed by atoms with E-state index < -0.39 is 0 Å². The summed E-state index contributed by atoms with van der Waals surface area (Å²) in [5.41, 5.74) is 2.67. The van der Waals surface area contributed by atoms with E-state index in [0.29, 0.717) is 0 Å². The molecule has 11 heavy (non-hydrogen) atoms. The molecule has 0 fully saturated rings. The molecule has 60 valence electrons. The second-order valence-electron chi connectivity index (χ2n) is 2.87. The van der Waals surface area contributed by atoms with Crippen molar-refractivity contribution in [1.82, 2.24) is 0 Å². The third kappa shape index (κ3) is 2.72. The van der Waals surface area contributed by atoms with E-state index in [-0.39, 0.29) is 6.61 Å². The number of hydrogen-bond acceptors (Lipinski definition) is 1. The Bertz CT molecular complexity index is 209. The summed E-state index contributed by atoms with van der Waals surface area (Å²) in [5.74, 6) is 0. The molecule has 0 unspecified atom stereocenters. The number of aliphatic hydroxyl groups is 1. The molecule has 1 N–H and O–H groups in total. The second kappa shape index (κ2) is 4.14. The van der Waals surface area contributed by atoms with Crippen LogP contribution in [0.1, 0.15) is 19.8 Å². The molecule has 0 aromatic carbocycles. The molecular formula is C10H14O. The fourth-order valence-corrected chi connectivity index (χ4v) is 1.20. The van der Waals surface area contributed by atoms with E-state index in [1.807, 2.05) is 12.2 Å². The summed E-state index contributed by atoms with van der Waals surface area (Å²) in [6, 6.07) is 0. The molecule has 1 heteroatoms. The van der Waals surface area contributed by atoms with Crippen LogP contribution in [0.3, 0.4) is 0 Å². The van der Waals surface area contributed by atoms with Crippen molar-refractivity contribution in [2.24, 2.45) is 0 Å². The minimum atomic E-state index is 0.257. The summed E-state index contributed by atoms with van der Waals surface area (Å²) < 4.78 is 0. The molecule has 0 saturated heterocycles. The van der Waals surface area contributed by atoms with Gasteiger partial charge < -0.3 is 5.11 Å². The third-order valence-electron chi connectivity index (χ3n) is 1.76. The van der Waals surface area contributed by atoms with Gasteiger partial charge in [0, 0.05) is 6.61 Å². The Kier molecular flexibility index (Phi) is 3.12. The predicted octanol–water partition coefficient (Wildman–Crippen LogP) is 2.20. The number of allylic oxidation sites excluding steroid dienone is 5. The van der Waals surface area contributed by atoms with Crippen molar-refractivity contribution in [2.75, 3.05) is 6.61 Å². The minimum absolute atomic E-state index is 0.257. The standard InChI is InChI=1S/C10H14O/c1-9-4-2-3-5-10(8-9)6-7-11/h2-5,11H,6-8H2,1H3. The average Bonchev–Trinajstić information content (AvgIpc) is 2.15. The van der Waals surface area contributed by atoms with Gasteiger partial charge in [-0.3, -0.25) is 0 Å². The van der Waals surface area contributed by atoms with E-state index >= 15 is 0 Å². The molecule has 1 rings (SSSR count). The van der Waals surface area contributed by atoms with E-state index in [1.54, 1.807) is 0 Å². The lowest BCUT2D eigenvalue weighted by atomic mass is 10.1. The molecule has 0 amide bonds. The van der Waals surface area contributed by atoms with Crippen molar-refractivity contribution >= 4 is 0 Å². The first kappa shape index (κ1) is 8.28. The van der Waals surface area contributed by atoms with Gasteiger partial charge >= 0.3 is 0 Å². The maximum Gasteiger partial charge on any atom is 0.0468 e. The van der Waals surface area contributed by atoms with Crippen LogP contribution in [0.5, 0.6) is 0 Å². The Morgan fingerprint density at radius 2 is 2.09 bits per heavy atom. The number of aliphatic hydroxyl groups excluding tert-OH is 1. The summed E-state index contributed by atoms with van der Waals surface area (Å²) in [5, 5.41) is 8.71. The molecule has 0 aliphatic heterocycles. The Balaban J connectivity index is 2.61. The molecule has 1 aliphatic rings. The maximum atomic E-state index is 8.71. The Morgan fingerprint density at radius 3 is 2.82 bits per heavy atom. The van der Waals surface area contributed by atoms with Crippen LogP contribution in [0.15, 0.2) is 35.5 Å². The Labute approximate surface area is 67.7 Å². The van der Waals surface area contributed by atoms with Gasteiger partial charge in [-0.05, 0) is 19.8 Å². The lowest BCUT2D eigenvalue weighted by Crippen LogP contribution is -1.88. The van der Waals surface area contributed by atoms with Crippen LogP contribution in [0.2, 0.25) is 0 Å². The zero-order valence-corrected chi connectivity index (χ0v) is 6.88. The first-order chi connectivity index (χ1) is 5.33. The van der Waals surface area contributed by atoms with Crippen LogP contribution in [0.25, 0.3) is 0 Å². The molecule has 1 aliphatic carbocycles. The topological polar surface area (TPSA) is 20.2 Å². The summed E-state index contributed by atoms with van der Waals surface area (Å²) in [7, 11) is 0. The van der Waals surface area contributed by atoms with Gasteiger partial charge in [-0.15, -0.1) is 0 Å². The predicted molar refractivity (Wildman–Crippen MR) is 47.3 cm³/mol. The summed E-state index contributed by atoms with van der Waals surface area (Å²) in [6.07, 6.45) is 10.1. The highest BCUT2D eigenvalue weighted by atomic mass is 16.2. The van der Waals surface area contributed by atoms with Gasteiger partial charge in [0.1, 0.15) is 0 Å².